The molecule has 154 valence electrons. The largest absolute Gasteiger partial charge is 0.490 e. The molecular formula is C21H31IN4O2. The third-order valence-electron chi connectivity index (χ3n) is 3.60. The molecule has 0 radical (unpaired) electrons. The highest BCUT2D eigenvalue weighted by Gasteiger charge is 2.06. The molecule has 6 nitrogen and oxygen atoms in total. The van der Waals surface area contributed by atoms with E-state index in [4.69, 9.17) is 9.47 Å². The Morgan fingerprint density at radius 1 is 1.07 bits per heavy atom. The molecule has 2 N–H and O–H groups in total. The zero-order valence-electron chi connectivity index (χ0n) is 17.1. The maximum absolute atomic E-state index is 5.85. The van der Waals surface area contributed by atoms with Gasteiger partial charge < -0.3 is 20.1 Å². The van der Waals surface area contributed by atoms with Gasteiger partial charge in [-0.3, -0.25) is 0 Å². The summed E-state index contributed by atoms with van der Waals surface area (Å²) in [4.78, 5) is 8.99. The summed E-state index contributed by atoms with van der Waals surface area (Å²) in [6.07, 6.45) is 1.79. The molecule has 0 aliphatic carbocycles. The molecule has 1 heterocycles. The van der Waals surface area contributed by atoms with Crippen LogP contribution in [0.2, 0.25) is 0 Å². The van der Waals surface area contributed by atoms with Crippen molar-refractivity contribution >= 4 is 29.9 Å². The van der Waals surface area contributed by atoms with E-state index in [1.807, 2.05) is 43.3 Å². The molecule has 0 unspecified atom stereocenters. The number of hydrogen-bond donors (Lipinski definition) is 2. The summed E-state index contributed by atoms with van der Waals surface area (Å²) in [5, 5.41) is 6.58. The van der Waals surface area contributed by atoms with E-state index in [0.717, 1.165) is 24.6 Å². The Morgan fingerprint density at radius 2 is 1.82 bits per heavy atom. The average Bonchev–Trinajstić information content (AvgIpc) is 2.67. The number of ether oxygens (including phenoxy) is 2. The first kappa shape index (κ1) is 24.0. The van der Waals surface area contributed by atoms with Crippen LogP contribution in [-0.4, -0.2) is 30.6 Å². The van der Waals surface area contributed by atoms with Gasteiger partial charge in [-0.1, -0.05) is 32.0 Å². The van der Waals surface area contributed by atoms with Crippen LogP contribution >= 0.6 is 24.0 Å². The fourth-order valence-corrected chi connectivity index (χ4v) is 2.30. The normalized spacial score (nSPS) is 11.0. The van der Waals surface area contributed by atoms with Crippen LogP contribution in [0.5, 0.6) is 17.4 Å². The Labute approximate surface area is 185 Å². The number of guanidine groups is 1. The van der Waals surface area contributed by atoms with Gasteiger partial charge in [0.1, 0.15) is 0 Å². The highest BCUT2D eigenvalue weighted by molar-refractivity contribution is 14.0. The zero-order chi connectivity index (χ0) is 19.5. The van der Waals surface area contributed by atoms with Crippen molar-refractivity contribution in [3.05, 3.63) is 48.2 Å². The second-order valence-corrected chi connectivity index (χ2v) is 6.46. The molecule has 0 amide bonds. The first-order valence-corrected chi connectivity index (χ1v) is 9.49. The van der Waals surface area contributed by atoms with Crippen LogP contribution in [0.1, 0.15) is 33.3 Å². The summed E-state index contributed by atoms with van der Waals surface area (Å²) in [5.41, 5.74) is 1.02. The summed E-state index contributed by atoms with van der Waals surface area (Å²) < 4.78 is 11.4. The fraction of sp³-hybridized carbons (Fsp3) is 0.429. The first-order chi connectivity index (χ1) is 13.1. The van der Waals surface area contributed by atoms with E-state index in [-0.39, 0.29) is 24.0 Å². The highest BCUT2D eigenvalue weighted by atomic mass is 127. The van der Waals surface area contributed by atoms with E-state index in [0.29, 0.717) is 36.4 Å². The Kier molecular flexibility index (Phi) is 11.3. The molecule has 28 heavy (non-hydrogen) atoms. The number of halogens is 1. The summed E-state index contributed by atoms with van der Waals surface area (Å²) in [5.74, 6) is 3.27. The van der Waals surface area contributed by atoms with Gasteiger partial charge in [-0.05, 0) is 37.5 Å². The third-order valence-corrected chi connectivity index (χ3v) is 3.60. The van der Waals surface area contributed by atoms with Gasteiger partial charge in [0, 0.05) is 25.4 Å². The molecule has 2 aromatic rings. The molecule has 1 aromatic heterocycles. The van der Waals surface area contributed by atoms with Crippen LogP contribution < -0.4 is 20.1 Å². The van der Waals surface area contributed by atoms with Crippen molar-refractivity contribution in [3.63, 3.8) is 0 Å². The number of para-hydroxylation sites is 2. The number of pyridine rings is 1. The molecular weight excluding hydrogens is 467 g/mol. The lowest BCUT2D eigenvalue weighted by atomic mass is 10.2. The number of nitrogens with one attached hydrogen (secondary N) is 2. The molecule has 0 aliphatic rings. The molecule has 0 spiro atoms. The lowest BCUT2D eigenvalue weighted by Gasteiger charge is -2.13. The number of aliphatic imine (C=N–C) groups is 1. The first-order valence-electron chi connectivity index (χ1n) is 9.49. The van der Waals surface area contributed by atoms with Gasteiger partial charge in [-0.2, -0.15) is 0 Å². The Balaban J connectivity index is 0.00000392. The van der Waals surface area contributed by atoms with Crippen molar-refractivity contribution in [1.82, 2.24) is 15.6 Å². The standard InChI is InChI=1S/C21H30N4O2.HI/c1-5-22-21(24-13-16(3)4)25-15-17-11-12-20(23-14-17)27-19-10-8-7-9-18(19)26-6-2;/h7-12,14,16H,5-6,13,15H2,1-4H3,(H2,22,24,25);1H. The Morgan fingerprint density at radius 3 is 2.43 bits per heavy atom. The van der Waals surface area contributed by atoms with Gasteiger partial charge in [-0.15, -0.1) is 24.0 Å². The van der Waals surface area contributed by atoms with Crippen LogP contribution in [0, 0.1) is 5.92 Å². The minimum Gasteiger partial charge on any atom is -0.490 e. The predicted octanol–water partition coefficient (Wildman–Crippen LogP) is 4.60. The van der Waals surface area contributed by atoms with Crippen molar-refractivity contribution in [2.45, 2.75) is 34.2 Å². The SMILES string of the molecule is CCNC(=NCc1ccc(Oc2ccccc2OCC)nc1)NCC(C)C.I. The summed E-state index contributed by atoms with van der Waals surface area (Å²) >= 11 is 0. The summed E-state index contributed by atoms with van der Waals surface area (Å²) in [6.45, 7) is 11.2. The van der Waals surface area contributed by atoms with Crippen LogP contribution in [-0.2, 0) is 6.54 Å². The van der Waals surface area contributed by atoms with Crippen LogP contribution in [0.3, 0.4) is 0 Å². The molecule has 1 aromatic carbocycles. The Bertz CT molecular complexity index is 721. The summed E-state index contributed by atoms with van der Waals surface area (Å²) in [7, 11) is 0. The zero-order valence-corrected chi connectivity index (χ0v) is 19.4. The highest BCUT2D eigenvalue weighted by Crippen LogP contribution is 2.30. The number of rotatable bonds is 9. The van der Waals surface area contributed by atoms with E-state index in [1.165, 1.54) is 0 Å². The smallest absolute Gasteiger partial charge is 0.219 e. The number of benzene rings is 1. The molecule has 0 aliphatic heterocycles. The predicted molar refractivity (Wildman–Crippen MR) is 125 cm³/mol. The second-order valence-electron chi connectivity index (χ2n) is 6.46. The minimum absolute atomic E-state index is 0. The van der Waals surface area contributed by atoms with E-state index < -0.39 is 0 Å². The molecule has 2 rings (SSSR count). The van der Waals surface area contributed by atoms with E-state index in [2.05, 4.69) is 41.4 Å². The van der Waals surface area contributed by atoms with Gasteiger partial charge in [0.2, 0.25) is 5.88 Å². The van der Waals surface area contributed by atoms with Crippen LogP contribution in [0.4, 0.5) is 0 Å². The lowest BCUT2D eigenvalue weighted by molar-refractivity contribution is 0.319. The molecule has 0 fully saturated rings. The maximum atomic E-state index is 5.85. The van der Waals surface area contributed by atoms with Gasteiger partial charge in [0.05, 0.1) is 13.2 Å². The number of aromatic nitrogens is 1. The topological polar surface area (TPSA) is 67.8 Å². The number of hydrogen-bond acceptors (Lipinski definition) is 4. The molecule has 0 atom stereocenters. The van der Waals surface area contributed by atoms with E-state index >= 15 is 0 Å². The minimum atomic E-state index is 0. The van der Waals surface area contributed by atoms with Crippen molar-refractivity contribution in [2.75, 3.05) is 19.7 Å². The molecule has 0 saturated heterocycles. The quantitative estimate of drug-likeness (QED) is 0.301. The van der Waals surface area contributed by atoms with Gasteiger partial charge in [0.15, 0.2) is 17.5 Å². The molecule has 0 bridgehead atoms. The monoisotopic (exact) mass is 498 g/mol. The third kappa shape index (κ3) is 8.33. The van der Waals surface area contributed by atoms with E-state index in [1.54, 1.807) is 6.20 Å². The van der Waals surface area contributed by atoms with Crippen molar-refractivity contribution in [1.29, 1.82) is 0 Å². The van der Waals surface area contributed by atoms with Crippen molar-refractivity contribution < 1.29 is 9.47 Å². The second kappa shape index (κ2) is 13.2. The van der Waals surface area contributed by atoms with Gasteiger partial charge in [0.25, 0.3) is 0 Å². The van der Waals surface area contributed by atoms with Crippen molar-refractivity contribution in [2.24, 2.45) is 10.9 Å². The average molecular weight is 498 g/mol. The van der Waals surface area contributed by atoms with Crippen molar-refractivity contribution in [3.8, 4) is 17.4 Å². The summed E-state index contributed by atoms with van der Waals surface area (Å²) in [6, 6.07) is 11.4. The molecule has 0 saturated carbocycles. The van der Waals surface area contributed by atoms with Gasteiger partial charge in [-0.25, -0.2) is 9.98 Å². The Hall–Kier alpha value is -2.03. The van der Waals surface area contributed by atoms with Crippen LogP contribution in [0.15, 0.2) is 47.6 Å². The maximum Gasteiger partial charge on any atom is 0.219 e. The van der Waals surface area contributed by atoms with Crippen LogP contribution in [0.25, 0.3) is 0 Å². The number of nitrogens with zero attached hydrogens (tertiary/aromatic N) is 2. The lowest BCUT2D eigenvalue weighted by Crippen LogP contribution is -2.39. The van der Waals surface area contributed by atoms with E-state index in [9.17, 15) is 0 Å². The molecule has 7 heteroatoms. The fourth-order valence-electron chi connectivity index (χ4n) is 2.30. The van der Waals surface area contributed by atoms with Gasteiger partial charge >= 0.3 is 0 Å².